The lowest BCUT2D eigenvalue weighted by Gasteiger charge is -1.25. The van der Waals surface area contributed by atoms with E-state index in [0.29, 0.717) is 0 Å². The van der Waals surface area contributed by atoms with Crippen LogP contribution >= 0.6 is 0 Å². The Labute approximate surface area is 22.4 Å². The van der Waals surface area contributed by atoms with Crippen LogP contribution in [0.15, 0.2) is 0 Å². The lowest BCUT2D eigenvalue weighted by molar-refractivity contribution is -0.176. The van der Waals surface area contributed by atoms with Crippen LogP contribution in [0.3, 0.4) is 0 Å². The molecule has 4 heteroatoms. The Morgan fingerprint density at radius 1 is 1.25 bits per heavy atom. The molecule has 0 saturated carbocycles. The summed E-state index contributed by atoms with van der Waals surface area (Å²) < 4.78 is 0. The molecule has 0 aliphatic carbocycles. The highest BCUT2D eigenvalue weighted by atomic mass is 17.0. The van der Waals surface area contributed by atoms with Crippen molar-refractivity contribution in [2.75, 3.05) is 0 Å². The molecule has 0 heterocycles. The molecule has 0 unspecified atom stereocenters. The van der Waals surface area contributed by atoms with Gasteiger partial charge in [0.2, 0.25) is 0 Å². The van der Waals surface area contributed by atoms with Crippen LogP contribution < -0.4 is 0 Å². The van der Waals surface area contributed by atoms with E-state index in [9.17, 15) is 0 Å². The van der Waals surface area contributed by atoms with Gasteiger partial charge in [-0.1, -0.05) is 5.59 Å². The average molecular weight is 65.0 g/mol. The van der Waals surface area contributed by atoms with E-state index in [1.807, 2.05) is 0 Å². The van der Waals surface area contributed by atoms with E-state index in [0.717, 1.165) is 0 Å². The van der Waals surface area contributed by atoms with Crippen molar-refractivity contribution >= 4 is 0 Å². The molecule has 0 aliphatic rings. The van der Waals surface area contributed by atoms with Gasteiger partial charge < -0.3 is 0 Å². The molecule has 0 bridgehead atoms. The summed E-state index contributed by atoms with van der Waals surface area (Å²) in [5.41, 5.74) is 4.50. The van der Waals surface area contributed by atoms with E-state index in [1.165, 1.54) is 0 Å². The lowest BCUT2D eigenvalue weighted by Crippen LogP contribution is -1.29. The first kappa shape index (κ1) is 9.68. The van der Waals surface area contributed by atoms with Crippen LogP contribution in [0.4, 0.5) is 0 Å². The maximum Gasteiger partial charge on any atom is -0.0850 e. The molecular formula is H3NO3. The van der Waals surface area contributed by atoms with E-state index >= 15 is 0 Å². The largest absolute Gasteiger partial charge is 0.255 e. The van der Waals surface area contributed by atoms with Gasteiger partial charge in [0, 0.05) is 0 Å². The Hall–Kier alpha value is -0.480. The number of hydrogen-bond acceptors (Lipinski definition) is 4. The minimum atomic E-state index is 4.50. The zero-order valence-electron chi connectivity index (χ0n) is 1.80. The molecule has 0 fully saturated rings. The second-order valence-electron chi connectivity index (χ2n) is 0. The highest BCUT2D eigenvalue weighted by Crippen LogP contribution is 0.766. The molecule has 4 heavy (non-hydrogen) atoms. The first-order valence-corrected chi connectivity index (χ1v) is 0.404. The Bertz CT molecular complexity index is 3.25. The zero-order valence-corrected chi connectivity index (χ0v) is 1.80. The van der Waals surface area contributed by atoms with Gasteiger partial charge in [0.25, 0.3) is 0 Å². The maximum atomic E-state index is 7.50. The van der Waals surface area contributed by atoms with E-state index in [4.69, 9.17) is 15.4 Å². The zero-order chi connectivity index (χ0) is 4.00. The fraction of sp³-hybridized carbons (Fsp3) is 0. The quantitative estimate of drug-likeness (QED) is 0.216. The second kappa shape index (κ2) is 25.3. The number of hydrogen-bond donors (Lipinski definition) is 3. The summed E-state index contributed by atoms with van der Waals surface area (Å²) >= 11 is 0. The highest BCUT2D eigenvalue weighted by molar-refractivity contribution is 3.63. The summed E-state index contributed by atoms with van der Waals surface area (Å²) in [6, 6.07) is 0. The molecule has 4 nitrogen and oxygen atoms in total. The predicted molar refractivity (Wildman–Crippen MR) is 11.3 cm³/mol. The minimum Gasteiger partial charge on any atom is -0.255 e. The average Bonchev–Trinajstić information content (AvgIpc) is 1.50. The van der Waals surface area contributed by atoms with Gasteiger partial charge in [-0.15, -0.1) is 0 Å². The Balaban J connectivity index is 0. The molecule has 0 radical (unpaired) electrons. The van der Waals surface area contributed by atoms with Crippen LogP contribution in [-0.2, 0) is 0 Å². The van der Waals surface area contributed by atoms with Crippen molar-refractivity contribution in [3.8, 4) is 0 Å². The third-order valence-corrected chi connectivity index (χ3v) is 0. The molecule has 0 aliphatic heterocycles. The number of nitrogens with one attached hydrogen (secondary N) is 1. The molecule has 0 amide bonds. The molecular weight excluding hydrogens is 62.0 g/mol. The number of rotatable bonds is 0. The number of nitroso groups, excluding NO2 is 1. The summed E-state index contributed by atoms with van der Waals surface area (Å²) in [5.74, 6) is 0. The van der Waals surface area contributed by atoms with Gasteiger partial charge in [0.05, 0.1) is 0 Å². The lowest BCUT2D eigenvalue weighted by atomic mass is 13.8. The minimum absolute atomic E-state index is 4.50. The smallest absolute Gasteiger partial charge is 0.0850 e. The topological polar surface area (TPSA) is 81.4 Å². The van der Waals surface area contributed by atoms with Crippen LogP contribution in [0.25, 0.3) is 0 Å². The van der Waals surface area contributed by atoms with Gasteiger partial charge >= 0.3 is 0 Å². The predicted octanol–water partition coefficient (Wildman–Crippen LogP) is 0.349. The summed E-state index contributed by atoms with van der Waals surface area (Å²) in [7, 11) is 0. The first-order chi connectivity index (χ1) is 2.00. The van der Waals surface area contributed by atoms with Crippen LogP contribution in [0.5, 0.6) is 0 Å². The Morgan fingerprint density at radius 2 is 1.25 bits per heavy atom. The SMILES string of the molecule is N=O.OO. The third-order valence-electron chi connectivity index (χ3n) is 0. The summed E-state index contributed by atoms with van der Waals surface area (Å²) in [4.78, 5) is 7.50. The van der Waals surface area contributed by atoms with Crippen LogP contribution in [0, 0.1) is 10.5 Å². The Kier molecular flexibility index (Phi) is 61.1. The maximum absolute atomic E-state index is 7.50. The molecule has 3 N–H and O–H groups in total. The Morgan fingerprint density at radius 3 is 1.25 bits per heavy atom. The van der Waals surface area contributed by atoms with Crippen LogP contribution in [-0.4, -0.2) is 10.5 Å². The molecule has 0 atom stereocenters. The van der Waals surface area contributed by atoms with Gasteiger partial charge in [-0.2, -0.15) is 4.91 Å². The van der Waals surface area contributed by atoms with E-state index in [-0.39, 0.29) is 0 Å². The fourth-order valence-corrected chi connectivity index (χ4v) is 0. The van der Waals surface area contributed by atoms with Crippen molar-refractivity contribution in [1.29, 1.82) is 5.59 Å². The third kappa shape index (κ3) is 1.78. The van der Waals surface area contributed by atoms with Crippen molar-refractivity contribution in [1.82, 2.24) is 0 Å². The monoisotopic (exact) mass is 65.0 g/mol. The highest BCUT2D eigenvalue weighted by Gasteiger charge is 0.745. The summed E-state index contributed by atoms with van der Waals surface area (Å²) in [6.07, 6.45) is 0. The van der Waals surface area contributed by atoms with Crippen LogP contribution in [0.2, 0.25) is 0 Å². The van der Waals surface area contributed by atoms with E-state index in [1.54, 1.807) is 0 Å². The van der Waals surface area contributed by atoms with Crippen molar-refractivity contribution in [3.63, 3.8) is 0 Å². The van der Waals surface area contributed by atoms with Gasteiger partial charge in [0.15, 0.2) is 0 Å². The molecule has 0 saturated heterocycles. The van der Waals surface area contributed by atoms with Crippen molar-refractivity contribution in [3.05, 3.63) is 4.91 Å². The van der Waals surface area contributed by atoms with Gasteiger partial charge in [0.1, 0.15) is 0 Å². The fourth-order valence-electron chi connectivity index (χ4n) is 0. The summed E-state index contributed by atoms with van der Waals surface area (Å²) in [6.45, 7) is 0. The van der Waals surface area contributed by atoms with Gasteiger partial charge in [-0.3, -0.25) is 10.5 Å². The molecule has 0 aromatic carbocycles. The van der Waals surface area contributed by atoms with E-state index in [2.05, 4.69) is 5.59 Å². The molecule has 0 rings (SSSR count). The van der Waals surface area contributed by atoms with Crippen LogP contribution in [0.1, 0.15) is 0 Å². The summed E-state index contributed by atoms with van der Waals surface area (Å²) in [5, 5.41) is 12.0. The van der Waals surface area contributed by atoms with Crippen molar-refractivity contribution < 1.29 is 10.5 Å². The molecule has 0 spiro atoms. The molecule has 0 aromatic rings. The second-order valence-corrected chi connectivity index (χ2v) is 0. The normalized spacial score (nSPS) is 2.50. The standard InChI is InChI=1S/HNO.H2O2/c2*1-2/h1H;1-2H. The van der Waals surface area contributed by atoms with Crippen molar-refractivity contribution in [2.45, 2.75) is 0 Å². The van der Waals surface area contributed by atoms with E-state index < -0.39 is 0 Å². The van der Waals surface area contributed by atoms with Gasteiger partial charge in [-0.05, 0) is 0 Å². The molecule has 0 aromatic heterocycles. The van der Waals surface area contributed by atoms with Crippen molar-refractivity contribution in [2.24, 2.45) is 0 Å². The van der Waals surface area contributed by atoms with Gasteiger partial charge in [-0.25, -0.2) is 0 Å². The molecule has 26 valence electrons. The first-order valence-electron chi connectivity index (χ1n) is 0.404.